The van der Waals surface area contributed by atoms with Crippen LogP contribution >= 0.6 is 0 Å². The van der Waals surface area contributed by atoms with Crippen molar-refractivity contribution in [2.75, 3.05) is 22.9 Å². The van der Waals surface area contributed by atoms with Crippen LogP contribution in [0.15, 0.2) is 60.7 Å². The third kappa shape index (κ3) is 22.1. The number of anilines is 3. The molecule has 8 amide bonds. The minimum Gasteiger partial charge on any atom is -0.480 e. The van der Waals surface area contributed by atoms with E-state index >= 15 is 0 Å². The van der Waals surface area contributed by atoms with Crippen LogP contribution in [0.4, 0.5) is 26.2 Å². The van der Waals surface area contributed by atoms with Gasteiger partial charge in [0.05, 0.1) is 18.2 Å². The normalized spacial score (nSPS) is 12.7. The molecule has 27 heteroatoms. The summed E-state index contributed by atoms with van der Waals surface area (Å²) in [7, 11) is 0. The smallest absolute Gasteiger partial charge is 0.326 e. The number of hydrogen-bond donors (Lipinski definition) is 15. The number of carbonyl (C=O) groups excluding carboxylic acids is 7. The Morgan fingerprint density at radius 3 is 1.67 bits per heavy atom. The lowest BCUT2D eigenvalue weighted by atomic mass is 9.97. The molecule has 3 rings (SSSR count). The number of carbonyl (C=O) groups is 11. The Labute approximate surface area is 446 Å². The van der Waals surface area contributed by atoms with Gasteiger partial charge >= 0.3 is 29.9 Å². The van der Waals surface area contributed by atoms with E-state index in [0.29, 0.717) is 42.5 Å². The lowest BCUT2D eigenvalue weighted by molar-refractivity contribution is -0.144. The van der Waals surface area contributed by atoms with Gasteiger partial charge in [0, 0.05) is 49.2 Å². The number of urea groups is 1. The molecule has 422 valence electrons. The topological polar surface area (TPSA) is 441 Å². The Bertz CT molecular complexity index is 2690. The highest BCUT2D eigenvalue weighted by molar-refractivity contribution is 6.13. The molecular formula is C51H66FN11O15. The van der Waals surface area contributed by atoms with Crippen LogP contribution in [0.3, 0.4) is 0 Å². The fourth-order valence-electron chi connectivity index (χ4n) is 7.51. The predicted octanol–water partition coefficient (Wildman–Crippen LogP) is 2.28. The Balaban J connectivity index is 1.37. The first kappa shape index (κ1) is 63.3. The molecule has 0 radical (unpaired) electrons. The number of nitrogen functional groups attached to an aromatic ring is 1. The maximum atomic E-state index is 14.1. The number of nitrogens with one attached hydrogen (secondary N) is 9. The van der Waals surface area contributed by atoms with E-state index in [9.17, 15) is 77.6 Å². The van der Waals surface area contributed by atoms with Crippen LogP contribution in [-0.4, -0.2) is 128 Å². The third-order valence-corrected chi connectivity index (χ3v) is 11.7. The fourth-order valence-corrected chi connectivity index (χ4v) is 7.51. The number of benzene rings is 3. The monoisotopic (exact) mass is 1090 g/mol. The van der Waals surface area contributed by atoms with E-state index in [1.54, 1.807) is 62.4 Å². The third-order valence-electron chi connectivity index (χ3n) is 11.7. The highest BCUT2D eigenvalue weighted by Crippen LogP contribution is 2.29. The van der Waals surface area contributed by atoms with E-state index in [1.807, 2.05) is 0 Å². The largest absolute Gasteiger partial charge is 0.480 e. The lowest BCUT2D eigenvalue weighted by Crippen LogP contribution is -2.50. The summed E-state index contributed by atoms with van der Waals surface area (Å²) < 4.78 is 14.1. The van der Waals surface area contributed by atoms with Gasteiger partial charge in [-0.25, -0.2) is 28.4 Å². The van der Waals surface area contributed by atoms with Crippen LogP contribution in [0.25, 0.3) is 11.1 Å². The Kier molecular flexibility index (Phi) is 25.8. The number of hydrogen-bond acceptors (Lipinski definition) is 14. The first-order valence-electron chi connectivity index (χ1n) is 24.7. The van der Waals surface area contributed by atoms with Crippen LogP contribution < -0.4 is 54.0 Å². The molecule has 3 aromatic carbocycles. The molecule has 0 fully saturated rings. The maximum absolute atomic E-state index is 14.1. The molecule has 5 atom stereocenters. The summed E-state index contributed by atoms with van der Waals surface area (Å²) >= 11 is 0. The molecule has 78 heavy (non-hydrogen) atoms. The Morgan fingerprint density at radius 1 is 0.615 bits per heavy atom. The lowest BCUT2D eigenvalue weighted by Gasteiger charge is -2.19. The van der Waals surface area contributed by atoms with Gasteiger partial charge < -0.3 is 74.4 Å². The van der Waals surface area contributed by atoms with E-state index in [-0.39, 0.29) is 42.2 Å². The molecule has 0 heterocycles. The van der Waals surface area contributed by atoms with E-state index in [0.717, 1.165) is 5.56 Å². The van der Waals surface area contributed by atoms with Gasteiger partial charge in [0.2, 0.25) is 35.4 Å². The number of unbranched alkanes of at least 4 members (excludes halogenated alkanes) is 2. The number of nitrogens with two attached hydrogens (primary N) is 2. The molecule has 0 spiro atoms. The molecule has 0 saturated carbocycles. The van der Waals surface area contributed by atoms with Crippen molar-refractivity contribution in [3.63, 3.8) is 0 Å². The van der Waals surface area contributed by atoms with Gasteiger partial charge in [0.25, 0.3) is 0 Å². The average Bonchev–Trinajstić information content (AvgIpc) is 3.39. The van der Waals surface area contributed by atoms with Gasteiger partial charge in [0.1, 0.15) is 35.8 Å². The van der Waals surface area contributed by atoms with Gasteiger partial charge in [-0.3, -0.25) is 34.2 Å². The minimum atomic E-state index is -1.70. The van der Waals surface area contributed by atoms with Crippen LogP contribution in [0.2, 0.25) is 0 Å². The Morgan fingerprint density at radius 2 is 1.14 bits per heavy atom. The highest BCUT2D eigenvalue weighted by Gasteiger charge is 2.29. The molecule has 17 N–H and O–H groups in total. The van der Waals surface area contributed by atoms with Crippen LogP contribution in [0.1, 0.15) is 102 Å². The number of amidine groups is 1. The summed E-state index contributed by atoms with van der Waals surface area (Å²) in [6.45, 7) is 3.60. The van der Waals surface area contributed by atoms with Gasteiger partial charge in [-0.15, -0.1) is 0 Å². The number of aliphatic carboxylic acids is 4. The van der Waals surface area contributed by atoms with Crippen molar-refractivity contribution in [2.45, 2.75) is 128 Å². The number of amides is 8. The van der Waals surface area contributed by atoms with E-state index in [1.165, 1.54) is 12.1 Å². The molecule has 0 aliphatic heterocycles. The first-order chi connectivity index (χ1) is 36.9. The summed E-state index contributed by atoms with van der Waals surface area (Å²) in [6.07, 6.45) is -1.88. The van der Waals surface area contributed by atoms with Crippen molar-refractivity contribution < 1.29 is 77.6 Å². The van der Waals surface area contributed by atoms with Gasteiger partial charge in [-0.1, -0.05) is 50.1 Å². The van der Waals surface area contributed by atoms with E-state index in [4.69, 9.17) is 16.9 Å². The molecule has 0 saturated heterocycles. The second kappa shape index (κ2) is 31.8. The first-order valence-corrected chi connectivity index (χ1v) is 24.7. The fraction of sp³-hybridized carbons (Fsp3) is 0.412. The minimum absolute atomic E-state index is 0.0195. The van der Waals surface area contributed by atoms with E-state index in [2.05, 4.69) is 42.5 Å². The summed E-state index contributed by atoms with van der Waals surface area (Å²) in [5.41, 5.74) is 14.9. The average molecular weight is 1090 g/mol. The number of halogens is 1. The predicted molar refractivity (Wildman–Crippen MR) is 280 cm³/mol. The second-order valence-electron chi connectivity index (χ2n) is 18.0. The molecule has 3 aromatic rings. The maximum Gasteiger partial charge on any atom is 0.326 e. The van der Waals surface area contributed by atoms with Gasteiger partial charge in [-0.05, 0) is 92.5 Å². The van der Waals surface area contributed by atoms with Crippen molar-refractivity contribution in [2.24, 2.45) is 5.73 Å². The summed E-state index contributed by atoms with van der Waals surface area (Å²) in [6, 6.07) is 7.54. The molecule has 0 aliphatic carbocycles. The van der Waals surface area contributed by atoms with Crippen LogP contribution in [0, 0.1) is 18.2 Å². The number of aryl methyl sites for hydroxylation is 1. The zero-order chi connectivity index (χ0) is 58.1. The zero-order valence-electron chi connectivity index (χ0n) is 42.9. The highest BCUT2D eigenvalue weighted by atomic mass is 19.1. The van der Waals surface area contributed by atoms with Crippen LogP contribution in [0.5, 0.6) is 0 Å². The van der Waals surface area contributed by atoms with Crippen molar-refractivity contribution in [1.82, 2.24) is 31.9 Å². The summed E-state index contributed by atoms with van der Waals surface area (Å²) in [4.78, 5) is 135. The standard InChI is InChI=1S/C51H66FN11O15/c1-3-8-34(47(70)71)58-40(65)21-18-35(48(72)73)59-41(66)22-19-36(49(74)75)60-42(67)23-20-37(50(76)77)61-46(69)33(54)26-43(68)56-24-6-4-5-11-39(64)63-45(55)44-30(9-7-10-32(44)53)28-13-15-29(16-14-28)57-51(78)62-38-25-27(2)12-17-31(38)52/h7,9-10,12-17,25,33-37H,3-6,8,11,18-24,26,53-54H2,1-2H3,(H,56,68)(H,58,65)(H,59,66)(H,60,67)(H,61,69)(H,70,71)(H,72,73)(H,74,75)(H,76,77)(H2,55,63,64)(H2,57,62,78)/t33-,34-,35-,36-,37-/m0/s1. The Hall–Kier alpha value is -9.01. The quantitative estimate of drug-likeness (QED) is 0.0184. The number of rotatable bonds is 32. The van der Waals surface area contributed by atoms with Crippen molar-refractivity contribution in [3.8, 4) is 11.1 Å². The molecular weight excluding hydrogens is 1030 g/mol. The van der Waals surface area contributed by atoms with Crippen molar-refractivity contribution in [1.29, 1.82) is 5.41 Å². The van der Waals surface area contributed by atoms with Crippen molar-refractivity contribution in [3.05, 3.63) is 77.6 Å². The van der Waals surface area contributed by atoms with E-state index < -0.39 is 146 Å². The van der Waals surface area contributed by atoms with Gasteiger partial charge in [0.15, 0.2) is 0 Å². The summed E-state index contributed by atoms with van der Waals surface area (Å²) in [5, 5.41) is 65.6. The molecule has 26 nitrogen and oxygen atoms in total. The second-order valence-corrected chi connectivity index (χ2v) is 18.0. The van der Waals surface area contributed by atoms with Crippen molar-refractivity contribution >= 4 is 88.2 Å². The number of carboxylic acid groups (broad SMARTS) is 4. The van der Waals surface area contributed by atoms with Crippen LogP contribution in [-0.2, 0) is 47.9 Å². The molecule has 0 aromatic heterocycles. The molecule has 0 unspecified atom stereocenters. The van der Waals surface area contributed by atoms with Gasteiger partial charge in [-0.2, -0.15) is 0 Å². The zero-order valence-corrected chi connectivity index (χ0v) is 42.9. The molecule has 0 aliphatic rings. The molecule has 0 bridgehead atoms. The number of carboxylic acids is 4. The SMILES string of the molecule is CCC[C@H](NC(=O)CC[C@H](NC(=O)CC[C@H](NC(=O)CC[C@H](NC(=O)[C@@H](N)CC(=O)NCCCCCC(=O)NC(=N)c1c(N)cccc1-c1ccc(NC(=O)Nc2cc(C)ccc2F)cc1)C(=O)O)C(=O)O)C(=O)O)C(=O)O. The summed E-state index contributed by atoms with van der Waals surface area (Å²) in [5.74, 6) is -11.6.